The van der Waals surface area contributed by atoms with Gasteiger partial charge in [0.25, 0.3) is 20.0 Å². The maximum atomic E-state index is 5.20. The van der Waals surface area contributed by atoms with Crippen molar-refractivity contribution < 1.29 is 12.3 Å². The Morgan fingerprint density at radius 1 is 1.33 bits per heavy atom. The van der Waals surface area contributed by atoms with E-state index in [2.05, 4.69) is 4.98 Å². The molecule has 9 heavy (non-hydrogen) atoms. The van der Waals surface area contributed by atoms with Gasteiger partial charge in [-0.2, -0.15) is 0 Å². The van der Waals surface area contributed by atoms with Gasteiger partial charge in [0.05, 0.1) is 0 Å². The number of rotatable bonds is 6. The molecule has 0 aromatic carbocycles. The summed E-state index contributed by atoms with van der Waals surface area (Å²) < 4.78 is 15.3. The van der Waals surface area contributed by atoms with Crippen LogP contribution in [0, 0.1) is 0 Å². The van der Waals surface area contributed by atoms with Gasteiger partial charge in [-0.15, -0.1) is 0 Å². The highest BCUT2D eigenvalue weighted by Crippen LogP contribution is 1.66. The standard InChI is InChI=1S/CH13NO3Si4/c1-2-7-4-9-5-8-3-6/h2H,7-9H2,1,6H3. The van der Waals surface area contributed by atoms with Gasteiger partial charge in [0.15, 0.2) is 0 Å². The molecule has 0 saturated heterocycles. The van der Waals surface area contributed by atoms with Gasteiger partial charge in [0.2, 0.25) is 9.92 Å². The van der Waals surface area contributed by atoms with Crippen molar-refractivity contribution in [2.45, 2.75) is 0 Å². The van der Waals surface area contributed by atoms with Gasteiger partial charge in [-0.1, -0.05) is 0 Å². The summed E-state index contributed by atoms with van der Waals surface area (Å²) in [5.74, 6) is 0. The Labute approximate surface area is 65.3 Å². The lowest BCUT2D eigenvalue weighted by Crippen LogP contribution is -2.21. The molecule has 0 heterocycles. The summed E-state index contributed by atoms with van der Waals surface area (Å²) in [5.41, 5.74) is 0. The van der Waals surface area contributed by atoms with E-state index in [1.165, 1.54) is 0 Å². The third kappa shape index (κ3) is 8.71. The first-order valence-electron chi connectivity index (χ1n) is 2.71. The Morgan fingerprint density at radius 2 is 2.11 bits per heavy atom. The maximum Gasteiger partial charge on any atom is 0.285 e. The molecule has 0 bridgehead atoms. The van der Waals surface area contributed by atoms with Crippen LogP contribution >= 0.6 is 0 Å². The van der Waals surface area contributed by atoms with Crippen molar-refractivity contribution in [1.29, 1.82) is 0 Å². The van der Waals surface area contributed by atoms with Crippen molar-refractivity contribution in [3.8, 4) is 0 Å². The highest BCUT2D eigenvalue weighted by molar-refractivity contribution is 6.43. The van der Waals surface area contributed by atoms with Crippen molar-refractivity contribution in [1.82, 2.24) is 4.98 Å². The van der Waals surface area contributed by atoms with E-state index in [0.717, 1.165) is 10.5 Å². The molecular weight excluding hydrogens is 186 g/mol. The highest BCUT2D eigenvalue weighted by atomic mass is 28.4. The molecule has 0 radical (unpaired) electrons. The van der Waals surface area contributed by atoms with Crippen LogP contribution in [0.5, 0.6) is 0 Å². The summed E-state index contributed by atoms with van der Waals surface area (Å²) in [6, 6.07) is 0. The molecule has 0 aliphatic carbocycles. The van der Waals surface area contributed by atoms with Crippen LogP contribution in [0.15, 0.2) is 0 Å². The van der Waals surface area contributed by atoms with E-state index in [4.69, 9.17) is 12.3 Å². The predicted molar refractivity (Wildman–Crippen MR) is 47.9 cm³/mol. The van der Waals surface area contributed by atoms with Gasteiger partial charge in [-0.05, 0) is 7.05 Å². The summed E-state index contributed by atoms with van der Waals surface area (Å²) in [6.07, 6.45) is 0. The van der Waals surface area contributed by atoms with Crippen LogP contribution < -0.4 is 4.98 Å². The van der Waals surface area contributed by atoms with Gasteiger partial charge in [-0.25, -0.2) is 0 Å². The molecule has 0 rings (SSSR count). The number of nitrogens with one attached hydrogen (secondary N) is 1. The fourth-order valence-corrected chi connectivity index (χ4v) is 5.44. The van der Waals surface area contributed by atoms with Crippen molar-refractivity contribution in [3.63, 3.8) is 0 Å². The molecule has 0 aromatic heterocycles. The lowest BCUT2D eigenvalue weighted by Gasteiger charge is -2.01. The number of hydrogen-bond acceptors (Lipinski definition) is 4. The van der Waals surface area contributed by atoms with Gasteiger partial charge >= 0.3 is 0 Å². The van der Waals surface area contributed by atoms with Crippen LogP contribution in [-0.2, 0) is 12.3 Å². The average molecular weight is 199 g/mol. The largest absolute Gasteiger partial charge is 0.449 e. The smallest absolute Gasteiger partial charge is 0.285 e. The third-order valence-electron chi connectivity index (χ3n) is 0.614. The van der Waals surface area contributed by atoms with Gasteiger partial charge in [0, 0.05) is 0 Å². The van der Waals surface area contributed by atoms with Crippen LogP contribution in [0.4, 0.5) is 0 Å². The number of hydrogen-bond donors (Lipinski definition) is 1. The van der Waals surface area contributed by atoms with Gasteiger partial charge < -0.3 is 17.3 Å². The molecule has 0 amide bonds. The molecule has 0 aliphatic heterocycles. The van der Waals surface area contributed by atoms with Crippen molar-refractivity contribution in [3.05, 3.63) is 0 Å². The van der Waals surface area contributed by atoms with Crippen LogP contribution in [0.3, 0.4) is 0 Å². The minimum Gasteiger partial charge on any atom is -0.449 e. The predicted octanol–water partition coefficient (Wildman–Crippen LogP) is -4.47. The summed E-state index contributed by atoms with van der Waals surface area (Å²) in [6.45, 7) is 0. The first-order valence-corrected chi connectivity index (χ1v) is 7.12. The zero-order valence-corrected chi connectivity index (χ0v) is 12.1. The summed E-state index contributed by atoms with van der Waals surface area (Å²) in [7, 11) is 1.00. The normalized spacial score (nSPS) is 14.3. The Morgan fingerprint density at radius 3 is 2.67 bits per heavy atom. The summed E-state index contributed by atoms with van der Waals surface area (Å²) >= 11 is 0. The Hall–Kier alpha value is 0.708. The minimum absolute atomic E-state index is 0.442. The molecule has 0 aromatic rings. The van der Waals surface area contributed by atoms with E-state index in [1.54, 1.807) is 0 Å². The first kappa shape index (κ1) is 9.71. The van der Waals surface area contributed by atoms with E-state index < -0.39 is 29.9 Å². The zero-order valence-electron chi connectivity index (χ0n) is 5.85. The average Bonchev–Trinajstić information content (AvgIpc) is 1.89. The van der Waals surface area contributed by atoms with Crippen molar-refractivity contribution >= 4 is 40.4 Å². The van der Waals surface area contributed by atoms with Crippen LogP contribution in [0.2, 0.25) is 0 Å². The maximum absolute atomic E-state index is 5.20. The summed E-state index contributed by atoms with van der Waals surface area (Å²) in [4.78, 5) is 3.00. The Bertz CT molecular complexity index is 49.1. The molecule has 4 nitrogen and oxygen atoms in total. The van der Waals surface area contributed by atoms with Gasteiger partial charge in [0.1, 0.15) is 10.5 Å². The van der Waals surface area contributed by atoms with E-state index in [0.29, 0.717) is 0 Å². The lowest BCUT2D eigenvalue weighted by atomic mass is 11.6. The molecule has 0 spiro atoms. The molecule has 0 aliphatic rings. The lowest BCUT2D eigenvalue weighted by molar-refractivity contribution is 0.436. The molecule has 8 heteroatoms. The van der Waals surface area contributed by atoms with Crippen LogP contribution in [0.25, 0.3) is 0 Å². The molecule has 56 valence electrons. The molecule has 0 atom stereocenters. The fraction of sp³-hybridized carbons (Fsp3) is 1.00. The van der Waals surface area contributed by atoms with Crippen LogP contribution in [0.1, 0.15) is 0 Å². The van der Waals surface area contributed by atoms with Crippen LogP contribution in [-0.4, -0.2) is 47.5 Å². The zero-order chi connectivity index (χ0) is 6.95. The molecule has 0 fully saturated rings. The van der Waals surface area contributed by atoms with E-state index >= 15 is 0 Å². The molecule has 1 N–H and O–H groups in total. The van der Waals surface area contributed by atoms with E-state index in [-0.39, 0.29) is 0 Å². The second kappa shape index (κ2) is 8.71. The highest BCUT2D eigenvalue weighted by Gasteiger charge is 1.85. The topological polar surface area (TPSA) is 39.7 Å². The quantitative estimate of drug-likeness (QED) is 0.346. The Balaban J connectivity index is 2.60. The molecular formula is CH13NO3Si4. The third-order valence-corrected chi connectivity index (χ3v) is 4.66. The monoisotopic (exact) mass is 199 g/mol. The van der Waals surface area contributed by atoms with Crippen molar-refractivity contribution in [2.24, 2.45) is 0 Å². The second-order valence-electron chi connectivity index (χ2n) is 1.43. The van der Waals surface area contributed by atoms with E-state index in [1.807, 2.05) is 7.05 Å². The Kier molecular flexibility index (Phi) is 9.39. The SMILES string of the molecule is CN[SiH2]O[SiH2]O[SiH2]O[SiH3]. The fourth-order valence-electron chi connectivity index (χ4n) is 0.320. The minimum atomic E-state index is -0.653. The molecule has 0 saturated carbocycles. The summed E-state index contributed by atoms with van der Waals surface area (Å²) in [5, 5.41) is 0. The van der Waals surface area contributed by atoms with Gasteiger partial charge in [-0.3, -0.25) is 0 Å². The second-order valence-corrected chi connectivity index (χ2v) is 8.47. The van der Waals surface area contributed by atoms with Crippen molar-refractivity contribution in [2.75, 3.05) is 7.05 Å². The first-order chi connectivity index (χ1) is 4.41. The van der Waals surface area contributed by atoms with E-state index in [9.17, 15) is 0 Å². The molecule has 0 unspecified atom stereocenters.